The molecule has 4 heteroatoms. The van der Waals surface area contributed by atoms with Crippen LogP contribution in [0, 0.1) is 0 Å². The number of halogens is 2. The minimum Gasteiger partial charge on any atom is -0.487 e. The Bertz CT molecular complexity index is 746. The van der Waals surface area contributed by atoms with Gasteiger partial charge in [0.1, 0.15) is 17.9 Å². The van der Waals surface area contributed by atoms with Crippen molar-refractivity contribution in [2.45, 2.75) is 6.61 Å². The van der Waals surface area contributed by atoms with Gasteiger partial charge in [0, 0.05) is 11.6 Å². The Morgan fingerprint density at radius 2 is 1.85 bits per heavy atom. The lowest BCUT2D eigenvalue weighted by molar-refractivity contribution is 0.309. The molecule has 0 spiro atoms. The molecule has 20 heavy (non-hydrogen) atoms. The van der Waals surface area contributed by atoms with Gasteiger partial charge in [-0.3, -0.25) is 4.98 Å². The third kappa shape index (κ3) is 2.65. The zero-order chi connectivity index (χ0) is 13.9. The minimum atomic E-state index is 0.509. The van der Waals surface area contributed by atoms with Gasteiger partial charge >= 0.3 is 0 Å². The maximum absolute atomic E-state index is 6.27. The first-order valence-electron chi connectivity index (χ1n) is 6.15. The van der Waals surface area contributed by atoms with Crippen molar-refractivity contribution >= 4 is 38.4 Å². The van der Waals surface area contributed by atoms with Gasteiger partial charge in [0.15, 0.2) is 0 Å². The second-order valence-corrected chi connectivity index (χ2v) is 5.58. The molecule has 2 nitrogen and oxygen atoms in total. The molecule has 2 aromatic carbocycles. The lowest BCUT2D eigenvalue weighted by Crippen LogP contribution is -1.96. The largest absolute Gasteiger partial charge is 0.487 e. The number of rotatable bonds is 3. The predicted molar refractivity (Wildman–Crippen MR) is 85.2 cm³/mol. The summed E-state index contributed by atoms with van der Waals surface area (Å²) in [5.41, 5.74) is 1.89. The molecule has 3 rings (SSSR count). The second-order valence-electron chi connectivity index (χ2n) is 4.35. The van der Waals surface area contributed by atoms with Gasteiger partial charge < -0.3 is 4.74 Å². The molecular weight excluding hydrogens is 338 g/mol. The fourth-order valence-corrected chi connectivity index (χ4v) is 2.51. The molecule has 0 aliphatic rings. The monoisotopic (exact) mass is 347 g/mol. The summed E-state index contributed by atoms with van der Waals surface area (Å²) in [6.45, 7) is 0.509. The Morgan fingerprint density at radius 3 is 2.65 bits per heavy atom. The number of aromatic nitrogens is 1. The van der Waals surface area contributed by atoms with Crippen molar-refractivity contribution in [1.82, 2.24) is 4.98 Å². The number of benzene rings is 2. The molecule has 0 aliphatic carbocycles. The maximum Gasteiger partial charge on any atom is 0.146 e. The average molecular weight is 349 g/mol. The smallest absolute Gasteiger partial charge is 0.146 e. The molecule has 0 fully saturated rings. The van der Waals surface area contributed by atoms with Crippen molar-refractivity contribution in [2.75, 3.05) is 0 Å². The van der Waals surface area contributed by atoms with E-state index in [4.69, 9.17) is 16.3 Å². The molecule has 0 saturated carbocycles. The van der Waals surface area contributed by atoms with E-state index in [9.17, 15) is 0 Å². The van der Waals surface area contributed by atoms with Gasteiger partial charge in [-0.15, -0.1) is 0 Å². The molecule has 1 aromatic heterocycles. The highest BCUT2D eigenvalue weighted by molar-refractivity contribution is 9.10. The van der Waals surface area contributed by atoms with E-state index in [1.54, 1.807) is 6.20 Å². The number of para-hydroxylation sites is 1. The van der Waals surface area contributed by atoms with Crippen LogP contribution in [0.2, 0.25) is 5.02 Å². The van der Waals surface area contributed by atoms with Gasteiger partial charge in [0.05, 0.1) is 9.50 Å². The average Bonchev–Trinajstić information content (AvgIpc) is 2.50. The number of pyridine rings is 1. The van der Waals surface area contributed by atoms with E-state index in [0.717, 1.165) is 26.7 Å². The number of nitrogens with zero attached hydrogens (tertiary/aromatic N) is 1. The van der Waals surface area contributed by atoms with Gasteiger partial charge in [-0.05, 0) is 27.6 Å². The zero-order valence-electron chi connectivity index (χ0n) is 10.5. The molecule has 0 unspecified atom stereocenters. The number of ether oxygens (including phenoxy) is 1. The summed E-state index contributed by atoms with van der Waals surface area (Å²) in [7, 11) is 0. The summed E-state index contributed by atoms with van der Waals surface area (Å²) in [4.78, 5) is 4.40. The Labute approximate surface area is 130 Å². The number of hydrogen-bond donors (Lipinski definition) is 0. The fraction of sp³-hybridized carbons (Fsp3) is 0.0625. The SMILES string of the molecule is Clc1c(Br)cnc2c(OCc3ccccc3)cccc12. The molecule has 0 N–H and O–H groups in total. The van der Waals surface area contributed by atoms with E-state index in [1.165, 1.54) is 0 Å². The van der Waals surface area contributed by atoms with Crippen LogP contribution in [0.25, 0.3) is 10.9 Å². The van der Waals surface area contributed by atoms with Crippen LogP contribution in [-0.2, 0) is 6.61 Å². The number of hydrogen-bond acceptors (Lipinski definition) is 2. The quantitative estimate of drug-likeness (QED) is 0.646. The lowest BCUT2D eigenvalue weighted by atomic mass is 10.2. The summed E-state index contributed by atoms with van der Waals surface area (Å²) in [5, 5.41) is 1.53. The first kappa shape index (κ1) is 13.4. The van der Waals surface area contributed by atoms with Gasteiger partial charge in [-0.1, -0.05) is 54.1 Å². The van der Waals surface area contributed by atoms with Crippen LogP contribution in [0.1, 0.15) is 5.56 Å². The van der Waals surface area contributed by atoms with Crippen LogP contribution in [0.15, 0.2) is 59.2 Å². The first-order valence-corrected chi connectivity index (χ1v) is 7.32. The highest BCUT2D eigenvalue weighted by Gasteiger charge is 2.09. The normalized spacial score (nSPS) is 10.7. The highest BCUT2D eigenvalue weighted by atomic mass is 79.9. The lowest BCUT2D eigenvalue weighted by Gasteiger charge is -2.10. The first-order chi connectivity index (χ1) is 9.75. The molecule has 0 radical (unpaired) electrons. The third-order valence-corrected chi connectivity index (χ3v) is 4.23. The van der Waals surface area contributed by atoms with E-state index in [2.05, 4.69) is 20.9 Å². The molecule has 0 saturated heterocycles. The summed E-state index contributed by atoms with van der Waals surface area (Å²) in [6.07, 6.45) is 1.69. The molecule has 100 valence electrons. The second kappa shape index (κ2) is 5.81. The van der Waals surface area contributed by atoms with Crippen molar-refractivity contribution in [3.63, 3.8) is 0 Å². The summed E-state index contributed by atoms with van der Waals surface area (Å²) in [6, 6.07) is 15.8. The third-order valence-electron chi connectivity index (χ3n) is 2.99. The van der Waals surface area contributed by atoms with Crippen molar-refractivity contribution < 1.29 is 4.74 Å². The van der Waals surface area contributed by atoms with Crippen LogP contribution < -0.4 is 4.74 Å². The van der Waals surface area contributed by atoms with Crippen LogP contribution in [0.3, 0.4) is 0 Å². The van der Waals surface area contributed by atoms with Crippen molar-refractivity contribution in [1.29, 1.82) is 0 Å². The summed E-state index contributed by atoms with van der Waals surface area (Å²) >= 11 is 9.65. The molecule has 0 aliphatic heterocycles. The van der Waals surface area contributed by atoms with Gasteiger partial charge in [-0.2, -0.15) is 0 Å². The van der Waals surface area contributed by atoms with E-state index in [1.807, 2.05) is 48.5 Å². The van der Waals surface area contributed by atoms with Crippen LogP contribution in [-0.4, -0.2) is 4.98 Å². The summed E-state index contributed by atoms with van der Waals surface area (Å²) in [5.74, 6) is 0.737. The van der Waals surface area contributed by atoms with E-state index in [0.29, 0.717) is 11.6 Å². The van der Waals surface area contributed by atoms with Crippen molar-refractivity contribution in [3.8, 4) is 5.75 Å². The standard InChI is InChI=1S/C16H11BrClNO/c17-13-9-19-16-12(15(13)18)7-4-8-14(16)20-10-11-5-2-1-3-6-11/h1-9H,10H2. The zero-order valence-corrected chi connectivity index (χ0v) is 12.9. The molecule has 0 amide bonds. The number of fused-ring (bicyclic) bond motifs is 1. The molecule has 3 aromatic rings. The van der Waals surface area contributed by atoms with E-state index >= 15 is 0 Å². The molecule has 0 bridgehead atoms. The fourth-order valence-electron chi connectivity index (χ4n) is 1.99. The highest BCUT2D eigenvalue weighted by Crippen LogP contribution is 2.33. The summed E-state index contributed by atoms with van der Waals surface area (Å²) < 4.78 is 6.65. The Hall–Kier alpha value is -1.58. The van der Waals surface area contributed by atoms with E-state index < -0.39 is 0 Å². The van der Waals surface area contributed by atoms with E-state index in [-0.39, 0.29) is 0 Å². The van der Waals surface area contributed by atoms with Gasteiger partial charge in [0.2, 0.25) is 0 Å². The molecule has 0 atom stereocenters. The van der Waals surface area contributed by atoms with Crippen molar-refractivity contribution in [2.24, 2.45) is 0 Å². The van der Waals surface area contributed by atoms with Gasteiger partial charge in [-0.25, -0.2) is 0 Å². The maximum atomic E-state index is 6.27. The van der Waals surface area contributed by atoms with Crippen molar-refractivity contribution in [3.05, 3.63) is 69.8 Å². The van der Waals surface area contributed by atoms with Crippen LogP contribution in [0.5, 0.6) is 5.75 Å². The van der Waals surface area contributed by atoms with Gasteiger partial charge in [0.25, 0.3) is 0 Å². The molecule has 1 heterocycles. The van der Waals surface area contributed by atoms with Crippen LogP contribution in [0.4, 0.5) is 0 Å². The predicted octanol–water partition coefficient (Wildman–Crippen LogP) is 5.23. The van der Waals surface area contributed by atoms with Crippen LogP contribution >= 0.6 is 27.5 Å². The Morgan fingerprint density at radius 1 is 1.05 bits per heavy atom. The topological polar surface area (TPSA) is 22.1 Å². The molecular formula is C16H11BrClNO. The minimum absolute atomic E-state index is 0.509. The Balaban J connectivity index is 1.94. The Kier molecular flexibility index (Phi) is 3.90.